The second-order valence-corrected chi connectivity index (χ2v) is 8.44. The molecule has 1 aliphatic rings. The number of ether oxygens (including phenoxy) is 2. The summed E-state index contributed by atoms with van der Waals surface area (Å²) in [5.41, 5.74) is 2.26. The van der Waals surface area contributed by atoms with Crippen molar-refractivity contribution in [2.24, 2.45) is 12.5 Å². The zero-order valence-electron chi connectivity index (χ0n) is 18.8. The van der Waals surface area contributed by atoms with Crippen molar-refractivity contribution in [3.05, 3.63) is 46.4 Å². The molecule has 1 aromatic carbocycles. The van der Waals surface area contributed by atoms with Crippen LogP contribution in [0.3, 0.4) is 0 Å². The number of nitrogens with zero attached hydrogens (tertiary/aromatic N) is 1. The number of rotatable bonds is 7. The minimum Gasteiger partial charge on any atom is -0.381 e. The van der Waals surface area contributed by atoms with E-state index in [-0.39, 0.29) is 18.0 Å². The van der Waals surface area contributed by atoms with E-state index in [0.717, 1.165) is 11.1 Å². The number of alkyl halides is 3. The van der Waals surface area contributed by atoms with E-state index < -0.39 is 18.4 Å². The average Bonchev–Trinajstić information content (AvgIpc) is 2.75. The van der Waals surface area contributed by atoms with E-state index in [1.807, 2.05) is 6.92 Å². The molecule has 1 saturated heterocycles. The fourth-order valence-electron chi connectivity index (χ4n) is 3.69. The molecular weight excluding hydrogens is 439 g/mol. The van der Waals surface area contributed by atoms with Gasteiger partial charge in [-0.25, -0.2) is 0 Å². The lowest BCUT2D eigenvalue weighted by Gasteiger charge is -2.32. The van der Waals surface area contributed by atoms with E-state index in [1.165, 1.54) is 4.57 Å². The maximum atomic E-state index is 13.0. The van der Waals surface area contributed by atoms with Gasteiger partial charge in [-0.2, -0.15) is 0 Å². The fraction of sp³-hybridized carbons (Fsp3) is 0.478. The van der Waals surface area contributed by atoms with Crippen LogP contribution in [-0.2, 0) is 21.3 Å². The number of hydrogen-bond donors (Lipinski definition) is 2. The predicted molar refractivity (Wildman–Crippen MR) is 119 cm³/mol. The van der Waals surface area contributed by atoms with Gasteiger partial charge in [0.1, 0.15) is 0 Å². The van der Waals surface area contributed by atoms with Crippen LogP contribution in [0.1, 0.15) is 25.3 Å². The van der Waals surface area contributed by atoms with E-state index in [1.54, 1.807) is 44.4 Å². The number of benzene rings is 1. The predicted octanol–water partition coefficient (Wildman–Crippen LogP) is 4.06. The maximum Gasteiger partial charge on any atom is 0.522 e. The van der Waals surface area contributed by atoms with Crippen LogP contribution in [0, 0.1) is 12.3 Å². The molecule has 1 fully saturated rings. The number of amides is 1. The standard InChI is InChI=1S/C23H28F3N3O4/c1-15-12-17(14-29(3)20(15)30)16-4-5-18(19(13-16)27-8-11-33-23(24,25)26)28-21(31)22(2)6-9-32-10-7-22/h4-5,12-14,27H,6-11H2,1-3H3,(H,28,31). The molecule has 2 heterocycles. The SMILES string of the molecule is Cc1cc(-c2ccc(NC(=O)C3(C)CCOCC3)c(NCCOC(F)(F)F)c2)cn(C)c1=O. The molecule has 0 spiro atoms. The molecule has 0 unspecified atom stereocenters. The van der Waals surface area contributed by atoms with Gasteiger partial charge in [0.05, 0.1) is 23.4 Å². The first-order valence-electron chi connectivity index (χ1n) is 10.6. The van der Waals surface area contributed by atoms with Gasteiger partial charge in [-0.15, -0.1) is 13.2 Å². The molecule has 0 radical (unpaired) electrons. The smallest absolute Gasteiger partial charge is 0.381 e. The Morgan fingerprint density at radius 3 is 2.52 bits per heavy atom. The van der Waals surface area contributed by atoms with Crippen LogP contribution < -0.4 is 16.2 Å². The van der Waals surface area contributed by atoms with Crippen molar-refractivity contribution in [3.8, 4) is 11.1 Å². The number of aromatic nitrogens is 1. The Bertz CT molecular complexity index is 1030. The largest absolute Gasteiger partial charge is 0.522 e. The number of anilines is 2. The van der Waals surface area contributed by atoms with Crippen molar-refractivity contribution >= 4 is 17.3 Å². The normalized spacial score (nSPS) is 15.8. The minimum absolute atomic E-state index is 0.116. The third kappa shape index (κ3) is 6.35. The molecule has 0 saturated carbocycles. The van der Waals surface area contributed by atoms with E-state index >= 15 is 0 Å². The monoisotopic (exact) mass is 467 g/mol. The maximum absolute atomic E-state index is 13.0. The van der Waals surface area contributed by atoms with Crippen molar-refractivity contribution in [1.82, 2.24) is 4.57 Å². The topological polar surface area (TPSA) is 81.6 Å². The molecule has 7 nitrogen and oxygen atoms in total. The Morgan fingerprint density at radius 2 is 1.88 bits per heavy atom. The number of carbonyl (C=O) groups excluding carboxylic acids is 1. The van der Waals surface area contributed by atoms with Gasteiger partial charge in [0.2, 0.25) is 5.91 Å². The number of aryl methyl sites for hydroxylation is 2. The molecule has 10 heteroatoms. The first-order chi connectivity index (χ1) is 15.5. The third-order valence-electron chi connectivity index (χ3n) is 5.79. The van der Waals surface area contributed by atoms with Gasteiger partial charge in [0.25, 0.3) is 5.56 Å². The summed E-state index contributed by atoms with van der Waals surface area (Å²) >= 11 is 0. The van der Waals surface area contributed by atoms with Crippen LogP contribution >= 0.6 is 0 Å². The van der Waals surface area contributed by atoms with Crippen LogP contribution in [0.2, 0.25) is 0 Å². The van der Waals surface area contributed by atoms with Crippen LogP contribution in [-0.4, -0.2) is 43.2 Å². The summed E-state index contributed by atoms with van der Waals surface area (Å²) in [5.74, 6) is -0.175. The van der Waals surface area contributed by atoms with Gasteiger partial charge in [0, 0.05) is 38.6 Å². The highest BCUT2D eigenvalue weighted by atomic mass is 19.4. The second kappa shape index (κ2) is 9.96. The summed E-state index contributed by atoms with van der Waals surface area (Å²) in [6.07, 6.45) is -1.88. The van der Waals surface area contributed by atoms with Crippen molar-refractivity contribution in [2.45, 2.75) is 33.1 Å². The summed E-state index contributed by atoms with van der Waals surface area (Å²) in [4.78, 5) is 25.0. The molecule has 2 aromatic rings. The second-order valence-electron chi connectivity index (χ2n) is 8.44. The summed E-state index contributed by atoms with van der Waals surface area (Å²) in [6, 6.07) is 6.96. The highest BCUT2D eigenvalue weighted by molar-refractivity contribution is 5.98. The third-order valence-corrected chi connectivity index (χ3v) is 5.79. The number of carbonyl (C=O) groups is 1. The van der Waals surface area contributed by atoms with Gasteiger partial charge < -0.3 is 19.9 Å². The summed E-state index contributed by atoms with van der Waals surface area (Å²) in [7, 11) is 1.65. The van der Waals surface area contributed by atoms with Gasteiger partial charge in [-0.05, 0) is 49.1 Å². The highest BCUT2D eigenvalue weighted by Gasteiger charge is 2.35. The van der Waals surface area contributed by atoms with E-state index in [2.05, 4.69) is 15.4 Å². The first-order valence-corrected chi connectivity index (χ1v) is 10.6. The van der Waals surface area contributed by atoms with Gasteiger partial charge in [0.15, 0.2) is 0 Å². The van der Waals surface area contributed by atoms with E-state index in [0.29, 0.717) is 43.0 Å². The Kier molecular flexibility index (Phi) is 7.48. The molecular formula is C23H28F3N3O4. The lowest BCUT2D eigenvalue weighted by Crippen LogP contribution is -2.38. The molecule has 1 aromatic heterocycles. The van der Waals surface area contributed by atoms with Crippen LogP contribution in [0.4, 0.5) is 24.5 Å². The Morgan fingerprint density at radius 1 is 1.18 bits per heavy atom. The van der Waals surface area contributed by atoms with Crippen molar-refractivity contribution in [1.29, 1.82) is 0 Å². The van der Waals surface area contributed by atoms with E-state index in [9.17, 15) is 22.8 Å². The molecule has 1 amide bonds. The molecule has 2 N–H and O–H groups in total. The molecule has 0 atom stereocenters. The summed E-state index contributed by atoms with van der Waals surface area (Å²) in [6.45, 7) is 3.86. The zero-order valence-corrected chi connectivity index (χ0v) is 18.8. The molecule has 0 bridgehead atoms. The van der Waals surface area contributed by atoms with E-state index in [4.69, 9.17) is 4.74 Å². The molecule has 3 rings (SSSR count). The molecule has 33 heavy (non-hydrogen) atoms. The number of hydrogen-bond acceptors (Lipinski definition) is 5. The van der Waals surface area contributed by atoms with Crippen molar-refractivity contribution < 1.29 is 27.4 Å². The minimum atomic E-state index is -4.72. The summed E-state index contributed by atoms with van der Waals surface area (Å²) in [5, 5.41) is 5.84. The van der Waals surface area contributed by atoms with Crippen LogP contribution in [0.15, 0.2) is 35.3 Å². The van der Waals surface area contributed by atoms with Crippen LogP contribution in [0.5, 0.6) is 0 Å². The average molecular weight is 467 g/mol. The molecule has 1 aliphatic heterocycles. The van der Waals surface area contributed by atoms with Crippen molar-refractivity contribution in [3.63, 3.8) is 0 Å². The Labute approximate surface area is 189 Å². The highest BCUT2D eigenvalue weighted by Crippen LogP contribution is 2.34. The number of nitrogens with one attached hydrogen (secondary N) is 2. The van der Waals surface area contributed by atoms with Crippen molar-refractivity contribution in [2.75, 3.05) is 37.0 Å². The fourth-order valence-corrected chi connectivity index (χ4v) is 3.69. The zero-order chi connectivity index (χ0) is 24.2. The lowest BCUT2D eigenvalue weighted by atomic mass is 9.81. The number of halogens is 3. The van der Waals surface area contributed by atoms with Gasteiger partial charge in [-0.1, -0.05) is 13.0 Å². The first kappa shape index (κ1) is 24.8. The summed E-state index contributed by atoms with van der Waals surface area (Å²) < 4.78 is 47.7. The molecule has 0 aliphatic carbocycles. The van der Waals surface area contributed by atoms with Gasteiger partial charge in [-0.3, -0.25) is 14.3 Å². The Balaban J connectivity index is 1.87. The Hall–Kier alpha value is -2.85. The molecule has 180 valence electrons. The quantitative estimate of drug-likeness (QED) is 0.600. The lowest BCUT2D eigenvalue weighted by molar-refractivity contribution is -0.322. The van der Waals surface area contributed by atoms with Crippen LogP contribution in [0.25, 0.3) is 11.1 Å². The number of pyridine rings is 1. The van der Waals surface area contributed by atoms with Gasteiger partial charge >= 0.3 is 6.36 Å².